The highest BCUT2D eigenvalue weighted by atomic mass is 19.1. The molecule has 0 spiro atoms. The molecule has 2 heterocycles. The Morgan fingerprint density at radius 3 is 2.68 bits per heavy atom. The molecule has 3 rings (SSSR count). The first-order valence-electron chi connectivity index (χ1n) is 10.1. The summed E-state index contributed by atoms with van der Waals surface area (Å²) in [4.78, 5) is 30.7. The number of amides is 3. The predicted molar refractivity (Wildman–Crippen MR) is 107 cm³/mol. The molecule has 0 bridgehead atoms. The van der Waals surface area contributed by atoms with E-state index in [-0.39, 0.29) is 30.2 Å². The van der Waals surface area contributed by atoms with Crippen LogP contribution in [0.25, 0.3) is 0 Å². The average molecular weight is 391 g/mol. The smallest absolute Gasteiger partial charge is 0.315 e. The number of nitrogens with one attached hydrogen (secondary N) is 2. The van der Waals surface area contributed by atoms with Crippen LogP contribution in [0.4, 0.5) is 14.9 Å². The van der Waals surface area contributed by atoms with Crippen LogP contribution in [0.1, 0.15) is 19.8 Å². The van der Waals surface area contributed by atoms with Gasteiger partial charge in [-0.1, -0.05) is 13.0 Å². The standard InChI is InChI=1S/C20H30FN5O2/c1-2-24-9-11-25(12-10-24)8-4-7-22-20(28)23-17-14-19(27)26(15-17)18-6-3-5-16(21)13-18/h3,5-6,13,17H,2,4,7-12,14-15H2,1H3,(H2,22,23,28). The van der Waals surface area contributed by atoms with E-state index in [9.17, 15) is 14.0 Å². The van der Waals surface area contributed by atoms with Crippen molar-refractivity contribution in [1.82, 2.24) is 20.4 Å². The molecule has 2 fully saturated rings. The highest BCUT2D eigenvalue weighted by Gasteiger charge is 2.31. The van der Waals surface area contributed by atoms with Gasteiger partial charge in [-0.3, -0.25) is 4.79 Å². The van der Waals surface area contributed by atoms with Gasteiger partial charge in [-0.05, 0) is 37.7 Å². The number of likely N-dealkylation sites (N-methyl/N-ethyl adjacent to an activating group) is 1. The largest absolute Gasteiger partial charge is 0.338 e. The lowest BCUT2D eigenvalue weighted by molar-refractivity contribution is -0.117. The molecule has 28 heavy (non-hydrogen) atoms. The van der Waals surface area contributed by atoms with Crippen molar-refractivity contribution < 1.29 is 14.0 Å². The lowest BCUT2D eigenvalue weighted by Gasteiger charge is -2.33. The summed E-state index contributed by atoms with van der Waals surface area (Å²) in [5.41, 5.74) is 0.526. The maximum atomic E-state index is 13.4. The summed E-state index contributed by atoms with van der Waals surface area (Å²) >= 11 is 0. The van der Waals surface area contributed by atoms with Crippen LogP contribution in [0.15, 0.2) is 24.3 Å². The highest BCUT2D eigenvalue weighted by Crippen LogP contribution is 2.22. The number of urea groups is 1. The van der Waals surface area contributed by atoms with E-state index in [1.165, 1.54) is 17.0 Å². The molecule has 3 amide bonds. The molecule has 2 aliphatic heterocycles. The van der Waals surface area contributed by atoms with Crippen molar-refractivity contribution in [3.05, 3.63) is 30.1 Å². The van der Waals surface area contributed by atoms with E-state index in [2.05, 4.69) is 27.4 Å². The van der Waals surface area contributed by atoms with Crippen molar-refractivity contribution in [2.75, 3.05) is 57.3 Å². The predicted octanol–water partition coefficient (Wildman–Crippen LogP) is 1.26. The number of benzene rings is 1. The molecule has 8 heteroatoms. The van der Waals surface area contributed by atoms with Crippen molar-refractivity contribution >= 4 is 17.6 Å². The summed E-state index contributed by atoms with van der Waals surface area (Å²) in [6.07, 6.45) is 1.13. The number of carbonyl (C=O) groups excluding carboxylic acids is 2. The van der Waals surface area contributed by atoms with Gasteiger partial charge < -0.3 is 25.3 Å². The number of carbonyl (C=O) groups is 2. The fourth-order valence-electron chi connectivity index (χ4n) is 3.77. The maximum absolute atomic E-state index is 13.4. The number of hydrogen-bond acceptors (Lipinski definition) is 4. The molecule has 1 aromatic rings. The van der Waals surface area contributed by atoms with Crippen LogP contribution >= 0.6 is 0 Å². The molecule has 0 aromatic heterocycles. The normalized spacial score (nSPS) is 21.1. The van der Waals surface area contributed by atoms with E-state index in [1.54, 1.807) is 12.1 Å². The Morgan fingerprint density at radius 2 is 1.96 bits per heavy atom. The SMILES string of the molecule is CCN1CCN(CCCNC(=O)NC2CC(=O)N(c3cccc(F)c3)C2)CC1. The molecular weight excluding hydrogens is 361 g/mol. The summed E-state index contributed by atoms with van der Waals surface area (Å²) < 4.78 is 13.4. The Bertz CT molecular complexity index is 678. The number of hydrogen-bond donors (Lipinski definition) is 2. The second kappa shape index (κ2) is 9.84. The molecule has 7 nitrogen and oxygen atoms in total. The van der Waals surface area contributed by atoms with E-state index in [0.29, 0.717) is 18.8 Å². The monoisotopic (exact) mass is 391 g/mol. The minimum absolute atomic E-state index is 0.109. The fraction of sp³-hybridized carbons (Fsp3) is 0.600. The van der Waals surface area contributed by atoms with Gasteiger partial charge in [0.2, 0.25) is 5.91 Å². The molecule has 1 unspecified atom stereocenters. The van der Waals surface area contributed by atoms with Gasteiger partial charge in [-0.25, -0.2) is 9.18 Å². The van der Waals surface area contributed by atoms with Gasteiger partial charge in [0.15, 0.2) is 0 Å². The third-order valence-corrected chi connectivity index (χ3v) is 5.43. The number of halogens is 1. The molecule has 0 saturated carbocycles. The quantitative estimate of drug-likeness (QED) is 0.687. The van der Waals surface area contributed by atoms with Crippen LogP contribution in [0.2, 0.25) is 0 Å². The van der Waals surface area contributed by atoms with Crippen molar-refractivity contribution in [2.24, 2.45) is 0 Å². The summed E-state index contributed by atoms with van der Waals surface area (Å²) in [6.45, 7) is 9.63. The Morgan fingerprint density at radius 1 is 1.21 bits per heavy atom. The van der Waals surface area contributed by atoms with Crippen LogP contribution in [0.5, 0.6) is 0 Å². The summed E-state index contributed by atoms with van der Waals surface area (Å²) in [7, 11) is 0. The third kappa shape index (κ3) is 5.65. The third-order valence-electron chi connectivity index (χ3n) is 5.43. The van der Waals surface area contributed by atoms with Gasteiger partial charge >= 0.3 is 6.03 Å². The van der Waals surface area contributed by atoms with Gasteiger partial charge in [0.25, 0.3) is 0 Å². The molecule has 0 radical (unpaired) electrons. The fourth-order valence-corrected chi connectivity index (χ4v) is 3.77. The van der Waals surface area contributed by atoms with Crippen molar-refractivity contribution in [1.29, 1.82) is 0 Å². The summed E-state index contributed by atoms with van der Waals surface area (Å²) in [5, 5.41) is 5.72. The van der Waals surface area contributed by atoms with Gasteiger partial charge in [0, 0.05) is 51.4 Å². The first kappa shape index (κ1) is 20.5. The number of piperazine rings is 1. The topological polar surface area (TPSA) is 67.9 Å². The minimum atomic E-state index is -0.379. The zero-order valence-electron chi connectivity index (χ0n) is 16.5. The van der Waals surface area contributed by atoms with Crippen molar-refractivity contribution in [2.45, 2.75) is 25.8 Å². The number of anilines is 1. The second-order valence-corrected chi connectivity index (χ2v) is 7.41. The van der Waals surface area contributed by atoms with Gasteiger partial charge in [-0.2, -0.15) is 0 Å². The molecule has 1 atom stereocenters. The van der Waals surface area contributed by atoms with Crippen molar-refractivity contribution in [3.63, 3.8) is 0 Å². The van der Waals surface area contributed by atoms with Crippen LogP contribution < -0.4 is 15.5 Å². The lowest BCUT2D eigenvalue weighted by atomic mass is 10.2. The van der Waals surface area contributed by atoms with Crippen LogP contribution in [0, 0.1) is 5.82 Å². The average Bonchev–Trinajstić information content (AvgIpc) is 3.05. The van der Waals surface area contributed by atoms with Crippen molar-refractivity contribution in [3.8, 4) is 0 Å². The van der Waals surface area contributed by atoms with Crippen LogP contribution in [-0.2, 0) is 4.79 Å². The van der Waals surface area contributed by atoms with Gasteiger partial charge in [0.1, 0.15) is 5.82 Å². The van der Waals surface area contributed by atoms with E-state index in [1.807, 2.05) is 0 Å². The lowest BCUT2D eigenvalue weighted by Crippen LogP contribution is -2.47. The zero-order chi connectivity index (χ0) is 19.9. The molecule has 154 valence electrons. The van der Waals surface area contributed by atoms with Gasteiger partial charge in [0.05, 0.1) is 6.04 Å². The Kier molecular flexibility index (Phi) is 7.22. The second-order valence-electron chi connectivity index (χ2n) is 7.41. The highest BCUT2D eigenvalue weighted by molar-refractivity contribution is 5.96. The van der Waals surface area contributed by atoms with E-state index in [4.69, 9.17) is 0 Å². The molecule has 1 aromatic carbocycles. The molecule has 0 aliphatic carbocycles. The Hall–Kier alpha value is -2.19. The molecular formula is C20H30FN5O2. The van der Waals surface area contributed by atoms with E-state index < -0.39 is 0 Å². The minimum Gasteiger partial charge on any atom is -0.338 e. The number of nitrogens with zero attached hydrogens (tertiary/aromatic N) is 3. The van der Waals surface area contributed by atoms with Crippen LogP contribution in [-0.4, -0.2) is 80.1 Å². The van der Waals surface area contributed by atoms with E-state index in [0.717, 1.165) is 45.7 Å². The van der Waals surface area contributed by atoms with Crippen LogP contribution in [0.3, 0.4) is 0 Å². The van der Waals surface area contributed by atoms with Gasteiger partial charge in [-0.15, -0.1) is 0 Å². The van der Waals surface area contributed by atoms with E-state index >= 15 is 0 Å². The Balaban J connectivity index is 1.33. The summed E-state index contributed by atoms with van der Waals surface area (Å²) in [5.74, 6) is -0.488. The molecule has 2 N–H and O–H groups in total. The molecule has 2 aliphatic rings. The first-order valence-corrected chi connectivity index (χ1v) is 10.1. The zero-order valence-corrected chi connectivity index (χ0v) is 16.5. The number of rotatable bonds is 7. The maximum Gasteiger partial charge on any atom is 0.315 e. The molecule has 2 saturated heterocycles. The Labute approximate surface area is 165 Å². The first-order chi connectivity index (χ1) is 13.5. The summed E-state index contributed by atoms with van der Waals surface area (Å²) in [6, 6.07) is 5.43.